The summed E-state index contributed by atoms with van der Waals surface area (Å²) in [7, 11) is 0. The van der Waals surface area contributed by atoms with Gasteiger partial charge < -0.3 is 9.12 Å². The van der Waals surface area contributed by atoms with Gasteiger partial charge in [0.2, 0.25) is 0 Å². The van der Waals surface area contributed by atoms with Gasteiger partial charge in [0.15, 0.2) is 6.04 Å². The quantitative estimate of drug-likeness (QED) is 0.375. The summed E-state index contributed by atoms with van der Waals surface area (Å²) in [6.07, 6.45) is -3.26. The Bertz CT molecular complexity index is 960. The van der Waals surface area contributed by atoms with E-state index in [0.29, 0.717) is 5.52 Å². The molecule has 1 heterocycles. The van der Waals surface area contributed by atoms with Gasteiger partial charge in [-0.2, -0.15) is 18.4 Å². The van der Waals surface area contributed by atoms with E-state index in [1.54, 1.807) is 25.3 Å². The third kappa shape index (κ3) is 5.69. The SMILES string of the molecule is CC(C)(CC#N)Cn1cc([C@H](N[S@@+]([O-])C(C)(C)C)C(F)(F)F)c2cc(F)c(Br)cc21. The molecule has 0 unspecified atom stereocenters. The number of alkyl halides is 3. The Morgan fingerprint density at radius 1 is 1.23 bits per heavy atom. The molecule has 0 saturated carbocycles. The van der Waals surface area contributed by atoms with E-state index in [9.17, 15) is 22.1 Å². The molecule has 2 rings (SSSR count). The zero-order valence-corrected chi connectivity index (χ0v) is 19.7. The molecule has 166 valence electrons. The van der Waals surface area contributed by atoms with Gasteiger partial charge in [0.1, 0.15) is 10.6 Å². The third-order valence-corrected chi connectivity index (χ3v) is 6.70. The van der Waals surface area contributed by atoms with Crippen molar-refractivity contribution < 1.29 is 22.1 Å². The zero-order chi connectivity index (χ0) is 23.1. The molecule has 2 aromatic rings. The molecule has 4 nitrogen and oxygen atoms in total. The number of benzene rings is 1. The first-order chi connectivity index (χ1) is 13.6. The molecule has 0 bridgehead atoms. The number of hydrogen-bond acceptors (Lipinski definition) is 3. The van der Waals surface area contributed by atoms with E-state index in [2.05, 4.69) is 26.7 Å². The van der Waals surface area contributed by atoms with E-state index in [1.807, 2.05) is 13.8 Å². The average molecular weight is 510 g/mol. The predicted molar refractivity (Wildman–Crippen MR) is 113 cm³/mol. The smallest absolute Gasteiger partial charge is 0.412 e. The van der Waals surface area contributed by atoms with Crippen LogP contribution < -0.4 is 4.72 Å². The second-order valence-electron chi connectivity index (χ2n) is 8.97. The standard InChI is InChI=1S/C20H24BrF4N3OS/c1-18(2,3)30(29)27-17(20(23,24)25)13-10-28(11-19(4,5)6-7-26)16-9-14(21)15(22)8-12(13)16/h8-10,17,27H,6,11H2,1-5H3/t17-,30-/m0/s1. The maximum atomic E-state index is 14.2. The molecule has 0 amide bonds. The highest BCUT2D eigenvalue weighted by molar-refractivity contribution is 9.10. The zero-order valence-electron chi connectivity index (χ0n) is 17.3. The third-order valence-electron chi connectivity index (χ3n) is 4.53. The van der Waals surface area contributed by atoms with Crippen molar-refractivity contribution in [2.75, 3.05) is 0 Å². The van der Waals surface area contributed by atoms with Crippen LogP contribution in [0.4, 0.5) is 17.6 Å². The van der Waals surface area contributed by atoms with Gasteiger partial charge in [-0.3, -0.25) is 0 Å². The molecular weight excluding hydrogens is 486 g/mol. The van der Waals surface area contributed by atoms with Gasteiger partial charge in [0, 0.05) is 47.0 Å². The summed E-state index contributed by atoms with van der Waals surface area (Å²) in [5.41, 5.74) is -0.343. The second kappa shape index (κ2) is 8.69. The van der Waals surface area contributed by atoms with Crippen LogP contribution in [0.3, 0.4) is 0 Å². The Morgan fingerprint density at radius 2 is 1.83 bits per heavy atom. The molecule has 0 aliphatic heterocycles. The van der Waals surface area contributed by atoms with Crippen LogP contribution in [0.5, 0.6) is 0 Å². The lowest BCUT2D eigenvalue weighted by molar-refractivity contribution is -0.152. The molecule has 1 aromatic carbocycles. The number of nitrogens with zero attached hydrogens (tertiary/aromatic N) is 2. The Hall–Kier alpha value is -1.28. The molecule has 1 N–H and O–H groups in total. The molecule has 30 heavy (non-hydrogen) atoms. The molecule has 0 radical (unpaired) electrons. The second-order valence-corrected chi connectivity index (χ2v) is 11.8. The first-order valence-corrected chi connectivity index (χ1v) is 11.1. The number of nitriles is 1. The molecule has 2 atom stereocenters. The average Bonchev–Trinajstić information content (AvgIpc) is 2.87. The lowest BCUT2D eigenvalue weighted by Crippen LogP contribution is -2.45. The molecule has 0 spiro atoms. The van der Waals surface area contributed by atoms with E-state index < -0.39 is 39.6 Å². The molecule has 0 saturated heterocycles. The number of fused-ring (bicyclic) bond motifs is 1. The van der Waals surface area contributed by atoms with Gasteiger partial charge in [0.05, 0.1) is 10.5 Å². The van der Waals surface area contributed by atoms with Crippen molar-refractivity contribution in [3.8, 4) is 6.07 Å². The van der Waals surface area contributed by atoms with E-state index in [-0.39, 0.29) is 28.4 Å². The summed E-state index contributed by atoms with van der Waals surface area (Å²) in [4.78, 5) is 0. The highest BCUT2D eigenvalue weighted by atomic mass is 79.9. The minimum absolute atomic E-state index is 0.0733. The van der Waals surface area contributed by atoms with Crippen molar-refractivity contribution in [1.29, 1.82) is 5.26 Å². The number of aromatic nitrogens is 1. The molecule has 0 fully saturated rings. The molecule has 0 aliphatic rings. The van der Waals surface area contributed by atoms with Crippen LogP contribution in [0, 0.1) is 22.6 Å². The Morgan fingerprint density at radius 3 is 2.33 bits per heavy atom. The fraction of sp³-hybridized carbons (Fsp3) is 0.550. The van der Waals surface area contributed by atoms with Gasteiger partial charge in [-0.05, 0) is 54.2 Å². The van der Waals surface area contributed by atoms with Gasteiger partial charge in [0.25, 0.3) is 0 Å². The lowest BCUT2D eigenvalue weighted by atomic mass is 9.90. The molecule has 1 aromatic heterocycles. The lowest BCUT2D eigenvalue weighted by Gasteiger charge is -2.29. The summed E-state index contributed by atoms with van der Waals surface area (Å²) in [5, 5.41) is 9.11. The molecule has 0 aliphatic carbocycles. The van der Waals surface area contributed by atoms with E-state index >= 15 is 0 Å². The van der Waals surface area contributed by atoms with E-state index in [0.717, 1.165) is 6.07 Å². The van der Waals surface area contributed by atoms with Crippen molar-refractivity contribution in [3.63, 3.8) is 0 Å². The van der Waals surface area contributed by atoms with Gasteiger partial charge in [-0.15, -0.1) is 4.72 Å². The maximum absolute atomic E-state index is 14.2. The van der Waals surface area contributed by atoms with Crippen molar-refractivity contribution in [2.24, 2.45) is 5.41 Å². The number of halogens is 5. The first kappa shape index (κ1) is 25.0. The fourth-order valence-electron chi connectivity index (χ4n) is 2.99. The van der Waals surface area contributed by atoms with Crippen LogP contribution >= 0.6 is 15.9 Å². The normalized spacial score (nSPS) is 15.3. The van der Waals surface area contributed by atoms with Crippen LogP contribution in [-0.2, 0) is 17.9 Å². The van der Waals surface area contributed by atoms with E-state index in [1.165, 1.54) is 12.3 Å². The summed E-state index contributed by atoms with van der Waals surface area (Å²) in [6, 6.07) is 2.30. The van der Waals surface area contributed by atoms with E-state index in [4.69, 9.17) is 5.26 Å². The largest absolute Gasteiger partial charge is 0.598 e. The van der Waals surface area contributed by atoms with Gasteiger partial charge in [-0.25, -0.2) is 4.39 Å². The van der Waals surface area contributed by atoms with Crippen LogP contribution in [0.2, 0.25) is 0 Å². The van der Waals surface area contributed by atoms with Crippen molar-refractivity contribution in [1.82, 2.24) is 9.29 Å². The predicted octanol–water partition coefficient (Wildman–Crippen LogP) is 6.14. The minimum atomic E-state index is -4.76. The fourth-order valence-corrected chi connectivity index (χ4v) is 4.15. The van der Waals surface area contributed by atoms with Crippen molar-refractivity contribution in [2.45, 2.75) is 64.5 Å². The minimum Gasteiger partial charge on any atom is -0.598 e. The molecular formula is C20H24BrF4N3OS. The van der Waals surface area contributed by atoms with Crippen LogP contribution in [0.25, 0.3) is 10.9 Å². The van der Waals surface area contributed by atoms with Crippen LogP contribution in [0.1, 0.15) is 52.6 Å². The van der Waals surface area contributed by atoms with Crippen LogP contribution in [-0.4, -0.2) is 20.0 Å². The van der Waals surface area contributed by atoms with Crippen molar-refractivity contribution in [3.05, 3.63) is 34.2 Å². The molecule has 10 heteroatoms. The number of hydrogen-bond donors (Lipinski definition) is 1. The summed E-state index contributed by atoms with van der Waals surface area (Å²) in [6.45, 7) is 8.60. The van der Waals surface area contributed by atoms with Crippen molar-refractivity contribution >= 4 is 38.2 Å². The Kier molecular flexibility index (Phi) is 7.24. The highest BCUT2D eigenvalue weighted by Crippen LogP contribution is 2.40. The van der Waals surface area contributed by atoms with Crippen LogP contribution in [0.15, 0.2) is 22.8 Å². The Balaban J connectivity index is 2.68. The topological polar surface area (TPSA) is 63.8 Å². The Labute approximate surface area is 185 Å². The monoisotopic (exact) mass is 509 g/mol. The summed E-state index contributed by atoms with van der Waals surface area (Å²) >= 11 is 1.08. The van der Waals surface area contributed by atoms with Gasteiger partial charge in [-0.1, -0.05) is 13.8 Å². The number of rotatable bonds is 6. The summed E-state index contributed by atoms with van der Waals surface area (Å²) in [5.74, 6) is -0.698. The van der Waals surface area contributed by atoms with Gasteiger partial charge >= 0.3 is 6.18 Å². The first-order valence-electron chi connectivity index (χ1n) is 9.16. The summed E-state index contributed by atoms with van der Waals surface area (Å²) < 4.78 is 71.6. The number of nitrogens with one attached hydrogen (secondary N) is 1. The maximum Gasteiger partial charge on any atom is 0.412 e. The highest BCUT2D eigenvalue weighted by Gasteiger charge is 2.47.